The van der Waals surface area contributed by atoms with E-state index in [4.69, 9.17) is 15.3 Å². The van der Waals surface area contributed by atoms with E-state index in [9.17, 15) is 14.4 Å². The van der Waals surface area contributed by atoms with Gasteiger partial charge in [-0.05, 0) is 26.3 Å². The number of carbonyl (C=O) groups excluding carboxylic acids is 3. The molecule has 2 bridgehead atoms. The quantitative estimate of drug-likeness (QED) is 0.654. The van der Waals surface area contributed by atoms with Gasteiger partial charge in [-0.1, -0.05) is 30.3 Å². The van der Waals surface area contributed by atoms with Crippen LogP contribution in [0.15, 0.2) is 36.5 Å². The minimum atomic E-state index is -0.651. The molecule has 3 heterocycles. The number of benzene rings is 1. The molecule has 11 heteroatoms. The number of nitrogens with one attached hydrogen (secondary N) is 1. The van der Waals surface area contributed by atoms with E-state index in [-0.39, 0.29) is 25.7 Å². The minimum absolute atomic E-state index is 0.0925. The van der Waals surface area contributed by atoms with Crippen LogP contribution in [0.25, 0.3) is 0 Å². The smallest absolute Gasteiger partial charge is 0.407 e. The monoisotopic (exact) mass is 456 g/mol. The molecule has 2 aliphatic rings. The molecule has 1 fully saturated rings. The Morgan fingerprint density at radius 1 is 1.24 bits per heavy atom. The first-order chi connectivity index (χ1) is 15.6. The lowest BCUT2D eigenvalue weighted by atomic mass is 9.98. The normalized spacial score (nSPS) is 19.4. The molecule has 1 aromatic heterocycles. The van der Waals surface area contributed by atoms with Gasteiger partial charge in [0.15, 0.2) is 0 Å². The Morgan fingerprint density at radius 3 is 2.64 bits per heavy atom. The number of carbonyl (C=O) groups is 3. The van der Waals surface area contributed by atoms with Gasteiger partial charge in [0.25, 0.3) is 0 Å². The number of hydrogen-bond donors (Lipinski definition) is 2. The lowest BCUT2D eigenvalue weighted by molar-refractivity contribution is -0.141. The second-order valence-electron chi connectivity index (χ2n) is 9.07. The Hall–Kier alpha value is -3.60. The number of ether oxygens (including phenoxy) is 1. The number of hydrogen-bond acceptors (Lipinski definition) is 6. The van der Waals surface area contributed by atoms with Crippen molar-refractivity contribution < 1.29 is 24.0 Å². The highest BCUT2D eigenvalue weighted by molar-refractivity contribution is 5.78. The summed E-state index contributed by atoms with van der Waals surface area (Å²) in [6.45, 7) is 5.91. The van der Waals surface area contributed by atoms with E-state index in [1.807, 2.05) is 30.3 Å². The number of alkyl carbamates (subject to hydrolysis) is 1. The zero-order chi connectivity index (χ0) is 23.8. The van der Waals surface area contributed by atoms with Gasteiger partial charge in [-0.25, -0.2) is 9.59 Å². The van der Waals surface area contributed by atoms with Crippen LogP contribution in [0.4, 0.5) is 9.59 Å². The number of hydroxylamine groups is 2. The Kier molecular flexibility index (Phi) is 5.98. The van der Waals surface area contributed by atoms with Gasteiger partial charge in [-0.2, -0.15) is 10.2 Å². The number of primary amides is 1. The summed E-state index contributed by atoms with van der Waals surface area (Å²) >= 11 is 0. The standard InChI is InChI=1S/C22H28N6O5/c1-22(2,3)33-20(30)24-9-16-19-15(10-26(25-19)12-18(23)29)17-11-27(16)21(31)28(17)32-13-14-7-5-4-6-8-14/h4-8,10,16-17H,9,11-13H2,1-3H3,(H2,23,29)(H,24,30)/t16-,17-/m1/s1. The van der Waals surface area contributed by atoms with Crippen LogP contribution in [0, 0.1) is 0 Å². The molecule has 2 atom stereocenters. The number of nitrogens with zero attached hydrogens (tertiary/aromatic N) is 4. The number of rotatable bonds is 7. The van der Waals surface area contributed by atoms with Crippen molar-refractivity contribution in [2.24, 2.45) is 5.73 Å². The highest BCUT2D eigenvalue weighted by Gasteiger charge is 2.50. The van der Waals surface area contributed by atoms with Crippen molar-refractivity contribution in [2.75, 3.05) is 13.1 Å². The Balaban J connectivity index is 1.57. The maximum absolute atomic E-state index is 13.2. The minimum Gasteiger partial charge on any atom is -0.444 e. The molecule has 1 aromatic carbocycles. The first kappa shape index (κ1) is 22.6. The molecule has 0 saturated carbocycles. The third-order valence-corrected chi connectivity index (χ3v) is 5.33. The Morgan fingerprint density at radius 2 is 1.97 bits per heavy atom. The molecular weight excluding hydrogens is 428 g/mol. The summed E-state index contributed by atoms with van der Waals surface area (Å²) < 4.78 is 6.77. The van der Waals surface area contributed by atoms with Crippen molar-refractivity contribution in [3.05, 3.63) is 53.3 Å². The van der Waals surface area contributed by atoms with Crippen LogP contribution in [-0.4, -0.2) is 56.5 Å². The topological polar surface area (TPSA) is 132 Å². The second kappa shape index (κ2) is 8.74. The maximum Gasteiger partial charge on any atom is 0.407 e. The van der Waals surface area contributed by atoms with Crippen LogP contribution in [0.3, 0.4) is 0 Å². The molecule has 11 nitrogen and oxygen atoms in total. The number of fused-ring (bicyclic) bond motifs is 4. The van der Waals surface area contributed by atoms with Gasteiger partial charge in [0.2, 0.25) is 5.91 Å². The predicted octanol–water partition coefficient (Wildman–Crippen LogP) is 1.86. The van der Waals surface area contributed by atoms with Crippen molar-refractivity contribution >= 4 is 18.0 Å². The fourth-order valence-electron chi connectivity index (χ4n) is 4.00. The molecule has 2 aliphatic heterocycles. The van der Waals surface area contributed by atoms with Crippen LogP contribution in [0.1, 0.15) is 49.7 Å². The van der Waals surface area contributed by atoms with Crippen molar-refractivity contribution in [3.63, 3.8) is 0 Å². The van der Waals surface area contributed by atoms with Gasteiger partial charge in [-0.3, -0.25) is 14.3 Å². The molecule has 33 heavy (non-hydrogen) atoms. The number of nitrogens with two attached hydrogens (primary N) is 1. The summed E-state index contributed by atoms with van der Waals surface area (Å²) in [5, 5.41) is 8.56. The lowest BCUT2D eigenvalue weighted by Crippen LogP contribution is -2.42. The molecule has 4 rings (SSSR count). The molecule has 1 saturated heterocycles. The average molecular weight is 457 g/mol. The summed E-state index contributed by atoms with van der Waals surface area (Å²) in [7, 11) is 0. The Bertz CT molecular complexity index is 1050. The summed E-state index contributed by atoms with van der Waals surface area (Å²) in [5.41, 5.74) is 6.95. The zero-order valence-electron chi connectivity index (χ0n) is 18.9. The van der Waals surface area contributed by atoms with E-state index in [0.717, 1.165) is 11.1 Å². The summed E-state index contributed by atoms with van der Waals surface area (Å²) in [6, 6.07) is 8.28. The first-order valence-corrected chi connectivity index (χ1v) is 10.7. The fourth-order valence-corrected chi connectivity index (χ4v) is 4.00. The van der Waals surface area contributed by atoms with Gasteiger partial charge in [0, 0.05) is 18.3 Å². The van der Waals surface area contributed by atoms with Crippen molar-refractivity contribution in [3.8, 4) is 0 Å². The molecule has 176 valence electrons. The Labute approximate surface area is 191 Å². The molecule has 3 N–H and O–H groups in total. The van der Waals surface area contributed by atoms with Gasteiger partial charge in [0.1, 0.15) is 24.8 Å². The van der Waals surface area contributed by atoms with E-state index < -0.39 is 29.7 Å². The van der Waals surface area contributed by atoms with Crippen LogP contribution in [0.5, 0.6) is 0 Å². The van der Waals surface area contributed by atoms with Gasteiger partial charge in [-0.15, -0.1) is 0 Å². The largest absolute Gasteiger partial charge is 0.444 e. The molecule has 0 radical (unpaired) electrons. The highest BCUT2D eigenvalue weighted by Crippen LogP contribution is 2.43. The molecule has 0 spiro atoms. The molecule has 2 aromatic rings. The van der Waals surface area contributed by atoms with E-state index in [2.05, 4.69) is 10.4 Å². The van der Waals surface area contributed by atoms with Crippen LogP contribution in [-0.2, 0) is 27.5 Å². The van der Waals surface area contributed by atoms with Crippen molar-refractivity contribution in [1.29, 1.82) is 0 Å². The third kappa shape index (κ3) is 4.92. The van der Waals surface area contributed by atoms with E-state index in [1.54, 1.807) is 31.9 Å². The maximum atomic E-state index is 13.2. The molecule has 0 unspecified atom stereocenters. The number of amides is 4. The van der Waals surface area contributed by atoms with Gasteiger partial charge >= 0.3 is 12.1 Å². The summed E-state index contributed by atoms with van der Waals surface area (Å²) in [6.07, 6.45) is 1.12. The first-order valence-electron chi connectivity index (χ1n) is 10.7. The van der Waals surface area contributed by atoms with Crippen molar-refractivity contribution in [2.45, 2.75) is 51.6 Å². The third-order valence-electron chi connectivity index (χ3n) is 5.33. The SMILES string of the molecule is CC(C)(C)OC(=O)NC[C@@H]1c2nn(CC(N)=O)cc2[C@H]2CN1C(=O)N2OCc1ccccc1. The molecule has 4 amide bonds. The van der Waals surface area contributed by atoms with Gasteiger partial charge < -0.3 is 20.7 Å². The van der Waals surface area contributed by atoms with E-state index in [0.29, 0.717) is 12.2 Å². The second-order valence-corrected chi connectivity index (χ2v) is 9.07. The molecular formula is C22H28N6O5. The highest BCUT2D eigenvalue weighted by atomic mass is 16.7. The average Bonchev–Trinajstić information content (AvgIpc) is 3.26. The summed E-state index contributed by atoms with van der Waals surface area (Å²) in [5.74, 6) is -0.531. The fraction of sp³-hybridized carbons (Fsp3) is 0.455. The lowest BCUT2D eigenvalue weighted by Gasteiger charge is -2.30. The van der Waals surface area contributed by atoms with E-state index >= 15 is 0 Å². The predicted molar refractivity (Wildman–Crippen MR) is 116 cm³/mol. The van der Waals surface area contributed by atoms with E-state index in [1.165, 1.54) is 9.75 Å². The number of urea groups is 1. The molecule has 0 aliphatic carbocycles. The van der Waals surface area contributed by atoms with Crippen molar-refractivity contribution in [1.82, 2.24) is 25.1 Å². The van der Waals surface area contributed by atoms with Gasteiger partial charge in [0.05, 0.1) is 18.3 Å². The van der Waals surface area contributed by atoms with Crippen LogP contribution < -0.4 is 11.1 Å². The number of aromatic nitrogens is 2. The summed E-state index contributed by atoms with van der Waals surface area (Å²) in [4.78, 5) is 44.4. The van der Waals surface area contributed by atoms with Crippen LogP contribution in [0.2, 0.25) is 0 Å². The van der Waals surface area contributed by atoms with Crippen LogP contribution >= 0.6 is 0 Å². The zero-order valence-corrected chi connectivity index (χ0v) is 18.9.